The summed E-state index contributed by atoms with van der Waals surface area (Å²) in [4.78, 5) is 14.6. The van der Waals surface area contributed by atoms with Gasteiger partial charge < -0.3 is 15.1 Å². The molecule has 1 aliphatic rings. The first kappa shape index (κ1) is 16.0. The van der Waals surface area contributed by atoms with Gasteiger partial charge in [-0.15, -0.1) is 0 Å². The van der Waals surface area contributed by atoms with E-state index in [-0.39, 0.29) is 0 Å². The Balaban J connectivity index is 0.000000213. The van der Waals surface area contributed by atoms with Crippen molar-refractivity contribution in [3.8, 4) is 6.57 Å². The van der Waals surface area contributed by atoms with Crippen molar-refractivity contribution in [3.63, 3.8) is 0 Å². The van der Waals surface area contributed by atoms with E-state index in [0.29, 0.717) is 5.82 Å². The molecule has 1 fully saturated rings. The van der Waals surface area contributed by atoms with Crippen LogP contribution in [0.5, 0.6) is 0 Å². The number of aliphatic hydroxyl groups excluding tert-OH is 1. The minimum atomic E-state index is -0.591. The van der Waals surface area contributed by atoms with E-state index in [1.165, 1.54) is 32.1 Å². The molecule has 3 aromatic heterocycles. The van der Waals surface area contributed by atoms with E-state index in [1.54, 1.807) is 13.1 Å². The summed E-state index contributed by atoms with van der Waals surface area (Å²) in [5.74, 6) is 0.570. The number of hydrogen-bond donors (Lipinski definition) is 3. The van der Waals surface area contributed by atoms with E-state index < -0.39 is 6.10 Å². The van der Waals surface area contributed by atoms with E-state index >= 15 is 0 Å². The third kappa shape index (κ3) is 3.43. The lowest BCUT2D eigenvalue weighted by molar-refractivity contribution is 0.190. The van der Waals surface area contributed by atoms with Gasteiger partial charge >= 0.3 is 0 Å². The fourth-order valence-electron chi connectivity index (χ4n) is 2.57. The minimum absolute atomic E-state index is 0.570. The highest BCUT2D eigenvalue weighted by Crippen LogP contribution is 2.22. The fraction of sp³-hybridized carbons (Fsp3) is 0.438. The first-order valence-electron chi connectivity index (χ1n) is 7.51. The third-order valence-electron chi connectivity index (χ3n) is 3.70. The normalized spacial score (nSPS) is 14.9. The molecule has 6 nitrogen and oxygen atoms in total. The van der Waals surface area contributed by atoms with Crippen molar-refractivity contribution < 1.29 is 5.11 Å². The molecule has 3 heterocycles. The summed E-state index contributed by atoms with van der Waals surface area (Å²) in [5.41, 5.74) is 2.50. The molecule has 0 radical (unpaired) electrons. The summed E-state index contributed by atoms with van der Waals surface area (Å²) < 4.78 is 0. The highest BCUT2D eigenvalue weighted by Gasteiger charge is 2.10. The molecule has 0 amide bonds. The third-order valence-corrected chi connectivity index (χ3v) is 3.70. The van der Waals surface area contributed by atoms with Gasteiger partial charge in [0.05, 0.1) is 11.7 Å². The molecule has 1 aliphatic carbocycles. The van der Waals surface area contributed by atoms with Gasteiger partial charge in [0.1, 0.15) is 23.1 Å². The van der Waals surface area contributed by atoms with Crippen molar-refractivity contribution in [2.45, 2.75) is 45.1 Å². The standard InChI is InChI=1S/C10H10N4O.C5H10.CHN/c1-5(15)9-13-7-4-12-10-6(2-3-11-10)8(7)14-9;1-2-4-5-3-1;1-2/h2-5,15H,1H3,(H,11,12)(H,13,14);1-5H2;1H. The number of rotatable bonds is 1. The first-order chi connectivity index (χ1) is 10.8. The lowest BCUT2D eigenvalue weighted by atomic mass is 10.3. The maximum atomic E-state index is 9.43. The maximum Gasteiger partial charge on any atom is 0.139 e. The van der Waals surface area contributed by atoms with E-state index in [9.17, 15) is 5.11 Å². The highest BCUT2D eigenvalue weighted by molar-refractivity contribution is 6.00. The van der Waals surface area contributed by atoms with Crippen molar-refractivity contribution in [2.75, 3.05) is 0 Å². The Morgan fingerprint density at radius 1 is 1.23 bits per heavy atom. The van der Waals surface area contributed by atoms with E-state index in [2.05, 4.69) is 26.5 Å². The SMILES string of the molecule is C#N.C1CCCC1.CC(O)c1nc2c(cnc3[nH]ccc32)[nH]1. The van der Waals surface area contributed by atoms with E-state index in [0.717, 1.165) is 22.1 Å². The number of aromatic amines is 2. The molecule has 6 heteroatoms. The monoisotopic (exact) mass is 299 g/mol. The number of nitrogens with zero attached hydrogens (tertiary/aromatic N) is 3. The zero-order chi connectivity index (χ0) is 15.9. The van der Waals surface area contributed by atoms with Gasteiger partial charge in [-0.2, -0.15) is 0 Å². The number of nitrogens with one attached hydrogen (secondary N) is 2. The number of hydrogen-bond acceptors (Lipinski definition) is 4. The first-order valence-corrected chi connectivity index (χ1v) is 7.51. The molecule has 0 bridgehead atoms. The fourth-order valence-corrected chi connectivity index (χ4v) is 2.57. The summed E-state index contributed by atoms with van der Waals surface area (Å²) in [6.45, 7) is 5.18. The Morgan fingerprint density at radius 3 is 2.45 bits per heavy atom. The van der Waals surface area contributed by atoms with Gasteiger partial charge in [0.25, 0.3) is 0 Å². The average Bonchev–Trinajstić information content (AvgIpc) is 3.28. The molecule has 4 rings (SSSR count). The number of imidazole rings is 1. The van der Waals surface area contributed by atoms with Gasteiger partial charge in [-0.25, -0.2) is 15.2 Å². The molecule has 0 spiro atoms. The van der Waals surface area contributed by atoms with Crippen LogP contribution in [0.3, 0.4) is 0 Å². The number of nitriles is 1. The predicted molar refractivity (Wildman–Crippen MR) is 86.1 cm³/mol. The van der Waals surface area contributed by atoms with Crippen molar-refractivity contribution in [3.05, 3.63) is 24.3 Å². The van der Waals surface area contributed by atoms with Crippen LogP contribution in [-0.2, 0) is 0 Å². The van der Waals surface area contributed by atoms with E-state index in [1.807, 2.05) is 12.3 Å². The van der Waals surface area contributed by atoms with Crippen LogP contribution in [0, 0.1) is 11.8 Å². The van der Waals surface area contributed by atoms with Gasteiger partial charge in [0, 0.05) is 18.2 Å². The van der Waals surface area contributed by atoms with Crippen LogP contribution in [0.1, 0.15) is 51.0 Å². The largest absolute Gasteiger partial charge is 0.385 e. The molecule has 116 valence electrons. The van der Waals surface area contributed by atoms with Gasteiger partial charge in [0.2, 0.25) is 0 Å². The molecule has 22 heavy (non-hydrogen) atoms. The molecule has 1 saturated carbocycles. The minimum Gasteiger partial charge on any atom is -0.385 e. The summed E-state index contributed by atoms with van der Waals surface area (Å²) in [6, 6.07) is 1.93. The van der Waals surface area contributed by atoms with Crippen LogP contribution in [0.15, 0.2) is 18.5 Å². The van der Waals surface area contributed by atoms with Crippen LogP contribution in [0.4, 0.5) is 0 Å². The summed E-state index contributed by atoms with van der Waals surface area (Å²) in [5, 5.41) is 16.9. The van der Waals surface area contributed by atoms with Crippen molar-refractivity contribution in [1.29, 1.82) is 5.26 Å². The summed E-state index contributed by atoms with van der Waals surface area (Å²) in [6.07, 6.45) is 10.5. The van der Waals surface area contributed by atoms with Crippen LogP contribution < -0.4 is 0 Å². The lowest BCUT2D eigenvalue weighted by Crippen LogP contribution is -1.92. The van der Waals surface area contributed by atoms with Crippen LogP contribution in [0.2, 0.25) is 0 Å². The summed E-state index contributed by atoms with van der Waals surface area (Å²) in [7, 11) is 0. The second kappa shape index (κ2) is 7.57. The molecule has 3 aromatic rings. The number of fused-ring (bicyclic) bond motifs is 3. The smallest absolute Gasteiger partial charge is 0.139 e. The number of aromatic nitrogens is 4. The lowest BCUT2D eigenvalue weighted by Gasteiger charge is -1.95. The second-order valence-corrected chi connectivity index (χ2v) is 5.33. The number of aliphatic hydroxyl groups is 1. The predicted octanol–water partition coefficient (Wildman–Crippen LogP) is 3.58. The Labute approximate surface area is 129 Å². The Morgan fingerprint density at radius 2 is 1.86 bits per heavy atom. The van der Waals surface area contributed by atoms with Crippen molar-refractivity contribution in [2.24, 2.45) is 0 Å². The van der Waals surface area contributed by atoms with Crippen LogP contribution >= 0.6 is 0 Å². The van der Waals surface area contributed by atoms with Gasteiger partial charge in [0.15, 0.2) is 0 Å². The molecule has 0 aliphatic heterocycles. The van der Waals surface area contributed by atoms with Crippen molar-refractivity contribution >= 4 is 22.1 Å². The Bertz CT molecular complexity index is 729. The molecular formula is C16H21N5O. The van der Waals surface area contributed by atoms with Gasteiger partial charge in [-0.1, -0.05) is 32.1 Å². The van der Waals surface area contributed by atoms with Gasteiger partial charge in [-0.3, -0.25) is 0 Å². The number of pyridine rings is 1. The van der Waals surface area contributed by atoms with Crippen molar-refractivity contribution in [1.82, 2.24) is 19.9 Å². The second-order valence-electron chi connectivity index (χ2n) is 5.33. The van der Waals surface area contributed by atoms with Crippen LogP contribution in [-0.4, -0.2) is 25.0 Å². The molecule has 0 aromatic carbocycles. The quantitative estimate of drug-likeness (QED) is 0.639. The Hall–Kier alpha value is -2.39. The number of H-pyrrole nitrogens is 2. The maximum absolute atomic E-state index is 9.43. The topological polar surface area (TPSA) is 101 Å². The van der Waals surface area contributed by atoms with E-state index in [4.69, 9.17) is 5.26 Å². The Kier molecular flexibility index (Phi) is 5.50. The van der Waals surface area contributed by atoms with Crippen LogP contribution in [0.25, 0.3) is 22.1 Å². The molecular weight excluding hydrogens is 278 g/mol. The summed E-state index contributed by atoms with van der Waals surface area (Å²) >= 11 is 0. The highest BCUT2D eigenvalue weighted by atomic mass is 16.3. The van der Waals surface area contributed by atoms with Gasteiger partial charge in [-0.05, 0) is 13.0 Å². The molecule has 1 unspecified atom stereocenters. The average molecular weight is 299 g/mol. The zero-order valence-corrected chi connectivity index (χ0v) is 12.7. The zero-order valence-electron chi connectivity index (χ0n) is 12.7. The molecule has 1 atom stereocenters. The molecule has 3 N–H and O–H groups in total. The molecule has 0 saturated heterocycles.